The number of rotatable bonds is 8. The van der Waals surface area contributed by atoms with Crippen molar-refractivity contribution in [1.82, 2.24) is 15.1 Å². The number of hydrogen-bond acceptors (Lipinski definition) is 3. The number of nitrogens with two attached hydrogens (primary N) is 1. The predicted octanol–water partition coefficient (Wildman–Crippen LogP) is 0.844. The number of aromatic nitrogens is 2. The van der Waals surface area contributed by atoms with E-state index >= 15 is 0 Å². The third kappa shape index (κ3) is 5.82. The Hall–Kier alpha value is -1.36. The van der Waals surface area contributed by atoms with Gasteiger partial charge in [-0.3, -0.25) is 9.48 Å². The van der Waals surface area contributed by atoms with E-state index in [1.54, 1.807) is 4.68 Å². The van der Waals surface area contributed by atoms with Crippen LogP contribution in [0.1, 0.15) is 31.7 Å². The van der Waals surface area contributed by atoms with Gasteiger partial charge in [0.25, 0.3) is 0 Å². The monoisotopic (exact) mass is 252 g/mol. The van der Waals surface area contributed by atoms with Crippen LogP contribution in [0.2, 0.25) is 0 Å². The summed E-state index contributed by atoms with van der Waals surface area (Å²) in [4.78, 5) is 11.6. The van der Waals surface area contributed by atoms with Gasteiger partial charge in [-0.25, -0.2) is 0 Å². The van der Waals surface area contributed by atoms with Crippen LogP contribution >= 0.6 is 0 Å². The molecule has 0 bridgehead atoms. The summed E-state index contributed by atoms with van der Waals surface area (Å²) >= 11 is 0. The smallest absolute Gasteiger partial charge is 0.220 e. The van der Waals surface area contributed by atoms with Gasteiger partial charge in [0, 0.05) is 26.2 Å². The van der Waals surface area contributed by atoms with E-state index in [1.165, 1.54) is 0 Å². The van der Waals surface area contributed by atoms with E-state index in [9.17, 15) is 4.79 Å². The predicted molar refractivity (Wildman–Crippen MR) is 72.0 cm³/mol. The highest BCUT2D eigenvalue weighted by atomic mass is 16.1. The molecule has 1 atom stereocenters. The van der Waals surface area contributed by atoms with E-state index in [2.05, 4.69) is 17.3 Å². The number of carbonyl (C=O) groups excluding carboxylic acids is 1. The number of nitrogens with one attached hydrogen (secondary N) is 1. The molecule has 0 aliphatic rings. The van der Waals surface area contributed by atoms with E-state index in [1.807, 2.05) is 19.4 Å². The lowest BCUT2D eigenvalue weighted by Crippen LogP contribution is -2.25. The molecule has 1 amide bonds. The molecule has 0 saturated carbocycles. The Morgan fingerprint density at radius 1 is 1.56 bits per heavy atom. The molecule has 1 aromatic heterocycles. The van der Waals surface area contributed by atoms with E-state index < -0.39 is 0 Å². The van der Waals surface area contributed by atoms with Gasteiger partial charge in [-0.2, -0.15) is 5.10 Å². The third-order valence-electron chi connectivity index (χ3n) is 3.02. The van der Waals surface area contributed by atoms with Crippen LogP contribution in [0.5, 0.6) is 0 Å². The molecule has 18 heavy (non-hydrogen) atoms. The van der Waals surface area contributed by atoms with Crippen LogP contribution in [0.4, 0.5) is 0 Å². The van der Waals surface area contributed by atoms with Crippen LogP contribution in [-0.4, -0.2) is 28.8 Å². The van der Waals surface area contributed by atoms with Gasteiger partial charge in [0.1, 0.15) is 0 Å². The standard InChI is InChI=1S/C13H24N4O/c1-11(5-7-14)3-4-13(18)15-8-6-12-9-16-17(2)10-12/h9-11H,3-8,14H2,1-2H3,(H,15,18). The molecular weight excluding hydrogens is 228 g/mol. The Bertz CT molecular complexity index is 362. The van der Waals surface area contributed by atoms with Crippen LogP contribution in [0, 0.1) is 5.92 Å². The second-order valence-electron chi connectivity index (χ2n) is 4.84. The van der Waals surface area contributed by atoms with Gasteiger partial charge >= 0.3 is 0 Å². The topological polar surface area (TPSA) is 72.9 Å². The molecule has 0 fully saturated rings. The van der Waals surface area contributed by atoms with Crippen LogP contribution in [-0.2, 0) is 18.3 Å². The number of amides is 1. The Kier molecular flexibility index (Phi) is 6.43. The van der Waals surface area contributed by atoms with E-state index in [0.29, 0.717) is 25.4 Å². The van der Waals surface area contributed by atoms with Gasteiger partial charge in [0.2, 0.25) is 5.91 Å². The fraction of sp³-hybridized carbons (Fsp3) is 0.692. The Morgan fingerprint density at radius 3 is 2.94 bits per heavy atom. The highest BCUT2D eigenvalue weighted by Crippen LogP contribution is 2.08. The first-order valence-electron chi connectivity index (χ1n) is 6.56. The minimum absolute atomic E-state index is 0.128. The lowest BCUT2D eigenvalue weighted by Gasteiger charge is -2.09. The Balaban J connectivity index is 2.10. The average Bonchev–Trinajstić information content (AvgIpc) is 2.73. The maximum absolute atomic E-state index is 11.6. The quantitative estimate of drug-likeness (QED) is 0.720. The number of hydrogen-bond donors (Lipinski definition) is 2. The Labute approximate surface area is 109 Å². The summed E-state index contributed by atoms with van der Waals surface area (Å²) in [7, 11) is 1.89. The lowest BCUT2D eigenvalue weighted by molar-refractivity contribution is -0.121. The number of nitrogens with zero attached hydrogens (tertiary/aromatic N) is 2. The lowest BCUT2D eigenvalue weighted by atomic mass is 10.0. The summed E-state index contributed by atoms with van der Waals surface area (Å²) < 4.78 is 1.77. The first-order chi connectivity index (χ1) is 8.61. The molecular formula is C13H24N4O. The molecule has 0 spiro atoms. The summed E-state index contributed by atoms with van der Waals surface area (Å²) in [5, 5.41) is 7.02. The molecule has 3 N–H and O–H groups in total. The maximum Gasteiger partial charge on any atom is 0.220 e. The molecule has 0 aliphatic carbocycles. The zero-order valence-electron chi connectivity index (χ0n) is 11.4. The normalized spacial score (nSPS) is 12.4. The van der Waals surface area contributed by atoms with Gasteiger partial charge < -0.3 is 11.1 Å². The zero-order chi connectivity index (χ0) is 13.4. The van der Waals surface area contributed by atoms with Gasteiger partial charge in [-0.15, -0.1) is 0 Å². The van der Waals surface area contributed by atoms with Crippen molar-refractivity contribution in [3.63, 3.8) is 0 Å². The summed E-state index contributed by atoms with van der Waals surface area (Å²) in [6.07, 6.45) is 7.12. The van der Waals surface area contributed by atoms with Crippen molar-refractivity contribution in [1.29, 1.82) is 0 Å². The summed E-state index contributed by atoms with van der Waals surface area (Å²) in [6, 6.07) is 0. The van der Waals surface area contributed by atoms with Crippen LogP contribution in [0.25, 0.3) is 0 Å². The van der Waals surface area contributed by atoms with Crippen molar-refractivity contribution in [3.05, 3.63) is 18.0 Å². The minimum atomic E-state index is 0.128. The van der Waals surface area contributed by atoms with Gasteiger partial charge in [0.15, 0.2) is 0 Å². The first-order valence-corrected chi connectivity index (χ1v) is 6.56. The van der Waals surface area contributed by atoms with E-state index in [-0.39, 0.29) is 5.91 Å². The highest BCUT2D eigenvalue weighted by Gasteiger charge is 2.06. The maximum atomic E-state index is 11.6. The third-order valence-corrected chi connectivity index (χ3v) is 3.02. The summed E-state index contributed by atoms with van der Waals surface area (Å²) in [6.45, 7) is 3.51. The molecule has 1 heterocycles. The Morgan fingerprint density at radius 2 is 2.33 bits per heavy atom. The van der Waals surface area contributed by atoms with Crippen molar-refractivity contribution in [2.45, 2.75) is 32.6 Å². The largest absolute Gasteiger partial charge is 0.356 e. The van der Waals surface area contributed by atoms with Gasteiger partial charge in [0.05, 0.1) is 6.20 Å². The van der Waals surface area contributed by atoms with Crippen molar-refractivity contribution in [2.75, 3.05) is 13.1 Å². The molecule has 5 heteroatoms. The highest BCUT2D eigenvalue weighted by molar-refractivity contribution is 5.75. The molecule has 0 radical (unpaired) electrons. The second kappa shape index (κ2) is 7.87. The number of aryl methyl sites for hydroxylation is 1. The van der Waals surface area contributed by atoms with Crippen molar-refractivity contribution >= 4 is 5.91 Å². The average molecular weight is 252 g/mol. The van der Waals surface area contributed by atoms with Crippen molar-refractivity contribution < 1.29 is 4.79 Å². The minimum Gasteiger partial charge on any atom is -0.356 e. The second-order valence-corrected chi connectivity index (χ2v) is 4.84. The molecule has 1 aromatic rings. The molecule has 1 rings (SSSR count). The molecule has 102 valence electrons. The fourth-order valence-corrected chi connectivity index (χ4v) is 1.84. The SMILES string of the molecule is CC(CCN)CCC(=O)NCCc1cnn(C)c1. The molecule has 1 unspecified atom stereocenters. The first kappa shape index (κ1) is 14.7. The molecule has 5 nitrogen and oxygen atoms in total. The summed E-state index contributed by atoms with van der Waals surface area (Å²) in [5.74, 6) is 0.654. The van der Waals surface area contributed by atoms with Gasteiger partial charge in [-0.1, -0.05) is 6.92 Å². The fourth-order valence-electron chi connectivity index (χ4n) is 1.84. The van der Waals surface area contributed by atoms with E-state index in [0.717, 1.165) is 24.8 Å². The number of carbonyl (C=O) groups is 1. The van der Waals surface area contributed by atoms with Crippen molar-refractivity contribution in [2.24, 2.45) is 18.7 Å². The van der Waals surface area contributed by atoms with Crippen LogP contribution < -0.4 is 11.1 Å². The molecule has 0 aromatic carbocycles. The summed E-state index contributed by atoms with van der Waals surface area (Å²) in [5.41, 5.74) is 6.62. The van der Waals surface area contributed by atoms with E-state index in [4.69, 9.17) is 5.73 Å². The van der Waals surface area contributed by atoms with Gasteiger partial charge in [-0.05, 0) is 37.3 Å². The molecule has 0 saturated heterocycles. The van der Waals surface area contributed by atoms with Crippen molar-refractivity contribution in [3.8, 4) is 0 Å². The molecule has 0 aliphatic heterocycles. The van der Waals surface area contributed by atoms with Crippen LogP contribution in [0.3, 0.4) is 0 Å². The zero-order valence-corrected chi connectivity index (χ0v) is 11.4. The van der Waals surface area contributed by atoms with Crippen LogP contribution in [0.15, 0.2) is 12.4 Å².